The van der Waals surface area contributed by atoms with E-state index in [1.165, 1.54) is 0 Å². The van der Waals surface area contributed by atoms with Crippen molar-refractivity contribution in [1.29, 1.82) is 0 Å². The van der Waals surface area contributed by atoms with E-state index in [2.05, 4.69) is 32.0 Å². The zero-order chi connectivity index (χ0) is 9.26. The molecule has 0 aliphatic rings. The van der Waals surface area contributed by atoms with Crippen LogP contribution < -0.4 is 0 Å². The predicted octanol–water partition coefficient (Wildman–Crippen LogP) is 3.15. The third kappa shape index (κ3) is 1.80. The monoisotopic (exact) mass is 236 g/mol. The molecule has 0 fully saturated rings. The van der Waals surface area contributed by atoms with Gasteiger partial charge in [-0.2, -0.15) is 0 Å². The minimum atomic E-state index is 0.989. The molecule has 2 rings (SSSR count). The van der Waals surface area contributed by atoms with Crippen LogP contribution in [0, 0.1) is 6.92 Å². The smallest absolute Gasteiger partial charge is 0.0826 e. The van der Waals surface area contributed by atoms with Crippen LogP contribution in [0.2, 0.25) is 0 Å². The molecule has 3 heteroatoms. The van der Waals surface area contributed by atoms with Crippen molar-refractivity contribution in [2.45, 2.75) is 6.92 Å². The van der Waals surface area contributed by atoms with Crippen LogP contribution in [0.4, 0.5) is 0 Å². The Bertz CT molecular complexity index is 403. The lowest BCUT2D eigenvalue weighted by atomic mass is 10.1. The maximum atomic E-state index is 4.24. The van der Waals surface area contributed by atoms with Crippen molar-refractivity contribution >= 4 is 15.9 Å². The maximum absolute atomic E-state index is 4.24. The fourth-order valence-electron chi connectivity index (χ4n) is 1.17. The van der Waals surface area contributed by atoms with Crippen LogP contribution in [0.1, 0.15) is 5.69 Å². The molecule has 0 amide bonds. The third-order valence-electron chi connectivity index (χ3n) is 1.89. The Morgan fingerprint density at radius 2 is 2.15 bits per heavy atom. The number of hydrogen-bond donors (Lipinski definition) is 1. The van der Waals surface area contributed by atoms with Gasteiger partial charge in [0.05, 0.1) is 4.60 Å². The molecule has 0 saturated carbocycles. The SMILES string of the molecule is Cc1ccc(-c2c[nH]c(Br)c2)cn1. The molecule has 0 aliphatic carbocycles. The van der Waals surface area contributed by atoms with E-state index >= 15 is 0 Å². The molecular formula is C10H9BrN2. The molecule has 0 spiro atoms. The molecule has 66 valence electrons. The highest BCUT2D eigenvalue weighted by Crippen LogP contribution is 2.21. The Labute approximate surface area is 85.1 Å². The van der Waals surface area contributed by atoms with Gasteiger partial charge in [-0.15, -0.1) is 0 Å². The van der Waals surface area contributed by atoms with Gasteiger partial charge in [0.25, 0.3) is 0 Å². The minimum Gasteiger partial charge on any atom is -0.355 e. The van der Waals surface area contributed by atoms with Crippen molar-refractivity contribution < 1.29 is 0 Å². The highest BCUT2D eigenvalue weighted by atomic mass is 79.9. The fourth-order valence-corrected chi connectivity index (χ4v) is 1.53. The van der Waals surface area contributed by atoms with E-state index in [-0.39, 0.29) is 0 Å². The average molecular weight is 237 g/mol. The zero-order valence-electron chi connectivity index (χ0n) is 7.21. The van der Waals surface area contributed by atoms with Crippen LogP contribution in [0.25, 0.3) is 11.1 Å². The van der Waals surface area contributed by atoms with Gasteiger partial charge in [0, 0.05) is 29.2 Å². The van der Waals surface area contributed by atoms with E-state index in [1.807, 2.05) is 31.5 Å². The van der Waals surface area contributed by atoms with Crippen molar-refractivity contribution in [2.24, 2.45) is 0 Å². The molecule has 2 nitrogen and oxygen atoms in total. The number of nitrogens with one attached hydrogen (secondary N) is 1. The van der Waals surface area contributed by atoms with Gasteiger partial charge in [-0.3, -0.25) is 4.98 Å². The summed E-state index contributed by atoms with van der Waals surface area (Å²) in [5.41, 5.74) is 3.32. The minimum absolute atomic E-state index is 0.989. The summed E-state index contributed by atoms with van der Waals surface area (Å²) in [6, 6.07) is 6.11. The first-order chi connectivity index (χ1) is 6.25. The molecule has 0 bridgehead atoms. The lowest BCUT2D eigenvalue weighted by Gasteiger charge is -1.96. The molecule has 2 aromatic rings. The summed E-state index contributed by atoms with van der Waals surface area (Å²) in [6.45, 7) is 1.98. The third-order valence-corrected chi connectivity index (χ3v) is 2.35. The first-order valence-corrected chi connectivity index (χ1v) is 4.82. The van der Waals surface area contributed by atoms with E-state index in [0.717, 1.165) is 21.4 Å². The molecule has 0 aromatic carbocycles. The fraction of sp³-hybridized carbons (Fsp3) is 0.100. The summed E-state index contributed by atoms with van der Waals surface area (Å²) in [5, 5.41) is 0. The van der Waals surface area contributed by atoms with Crippen LogP contribution >= 0.6 is 15.9 Å². The van der Waals surface area contributed by atoms with Gasteiger partial charge >= 0.3 is 0 Å². The Kier molecular flexibility index (Phi) is 2.19. The molecule has 13 heavy (non-hydrogen) atoms. The largest absolute Gasteiger partial charge is 0.355 e. The summed E-state index contributed by atoms with van der Waals surface area (Å²) in [5.74, 6) is 0. The van der Waals surface area contributed by atoms with Gasteiger partial charge < -0.3 is 4.98 Å². The van der Waals surface area contributed by atoms with Gasteiger partial charge in [0.2, 0.25) is 0 Å². The molecule has 2 heterocycles. The van der Waals surface area contributed by atoms with Gasteiger partial charge in [-0.1, -0.05) is 6.07 Å². The summed E-state index contributed by atoms with van der Waals surface area (Å²) >= 11 is 3.37. The van der Waals surface area contributed by atoms with Crippen LogP contribution in [0.15, 0.2) is 35.2 Å². The standard InChI is InChI=1S/C10H9BrN2/c1-7-2-3-8(5-12-7)9-4-10(11)13-6-9/h2-6,13H,1H3. The van der Waals surface area contributed by atoms with E-state index in [4.69, 9.17) is 0 Å². The number of aromatic amines is 1. The number of aromatic nitrogens is 2. The first kappa shape index (κ1) is 8.51. The van der Waals surface area contributed by atoms with Gasteiger partial charge in [0.15, 0.2) is 0 Å². The molecule has 0 aliphatic heterocycles. The molecular weight excluding hydrogens is 228 g/mol. The molecule has 0 radical (unpaired) electrons. The van der Waals surface area contributed by atoms with Gasteiger partial charge in [-0.05, 0) is 35.0 Å². The van der Waals surface area contributed by atoms with Gasteiger partial charge in [0.1, 0.15) is 0 Å². The topological polar surface area (TPSA) is 28.7 Å². The van der Waals surface area contributed by atoms with Crippen LogP contribution in [-0.4, -0.2) is 9.97 Å². The second-order valence-electron chi connectivity index (χ2n) is 2.92. The number of hydrogen-bond acceptors (Lipinski definition) is 1. The van der Waals surface area contributed by atoms with Crippen LogP contribution in [-0.2, 0) is 0 Å². The first-order valence-electron chi connectivity index (χ1n) is 4.02. The molecule has 0 atom stereocenters. The second-order valence-corrected chi connectivity index (χ2v) is 3.78. The number of nitrogens with zero attached hydrogens (tertiary/aromatic N) is 1. The summed E-state index contributed by atoms with van der Waals surface area (Å²) < 4.78 is 0.989. The summed E-state index contributed by atoms with van der Waals surface area (Å²) in [7, 11) is 0. The van der Waals surface area contributed by atoms with E-state index in [9.17, 15) is 0 Å². The zero-order valence-corrected chi connectivity index (χ0v) is 8.80. The van der Waals surface area contributed by atoms with E-state index < -0.39 is 0 Å². The molecule has 1 N–H and O–H groups in total. The Hall–Kier alpha value is -1.09. The Morgan fingerprint density at radius 1 is 1.31 bits per heavy atom. The van der Waals surface area contributed by atoms with E-state index in [0.29, 0.717) is 0 Å². The highest BCUT2D eigenvalue weighted by molar-refractivity contribution is 9.10. The van der Waals surface area contributed by atoms with Crippen molar-refractivity contribution in [1.82, 2.24) is 9.97 Å². The lowest BCUT2D eigenvalue weighted by molar-refractivity contribution is 1.20. The second kappa shape index (κ2) is 3.34. The Morgan fingerprint density at radius 3 is 2.69 bits per heavy atom. The highest BCUT2D eigenvalue weighted by Gasteiger charge is 1.99. The van der Waals surface area contributed by atoms with Crippen molar-refractivity contribution in [3.05, 3.63) is 40.9 Å². The number of rotatable bonds is 1. The lowest BCUT2D eigenvalue weighted by Crippen LogP contribution is -1.80. The molecule has 2 aromatic heterocycles. The number of aryl methyl sites for hydroxylation is 1. The Balaban J connectivity index is 2.41. The van der Waals surface area contributed by atoms with Crippen LogP contribution in [0.5, 0.6) is 0 Å². The number of halogens is 1. The predicted molar refractivity (Wildman–Crippen MR) is 56.5 cm³/mol. The van der Waals surface area contributed by atoms with Crippen LogP contribution in [0.3, 0.4) is 0 Å². The normalized spacial score (nSPS) is 10.3. The van der Waals surface area contributed by atoms with Crippen molar-refractivity contribution in [3.8, 4) is 11.1 Å². The molecule has 0 saturated heterocycles. The average Bonchev–Trinajstić information content (AvgIpc) is 2.53. The number of H-pyrrole nitrogens is 1. The van der Waals surface area contributed by atoms with E-state index in [1.54, 1.807) is 0 Å². The summed E-state index contributed by atoms with van der Waals surface area (Å²) in [6.07, 6.45) is 3.83. The quantitative estimate of drug-likeness (QED) is 0.810. The molecule has 0 unspecified atom stereocenters. The maximum Gasteiger partial charge on any atom is 0.0826 e. The van der Waals surface area contributed by atoms with Gasteiger partial charge in [-0.25, -0.2) is 0 Å². The van der Waals surface area contributed by atoms with Crippen molar-refractivity contribution in [2.75, 3.05) is 0 Å². The van der Waals surface area contributed by atoms with Crippen molar-refractivity contribution in [3.63, 3.8) is 0 Å². The summed E-state index contributed by atoms with van der Waals surface area (Å²) in [4.78, 5) is 7.31. The number of pyridine rings is 1.